The Morgan fingerprint density at radius 3 is 2.52 bits per heavy atom. The minimum Gasteiger partial charge on any atom is -0.463 e. The smallest absolute Gasteiger partial charge is 0.330 e. The Morgan fingerprint density at radius 1 is 1.20 bits per heavy atom. The predicted molar refractivity (Wildman–Crippen MR) is 102 cm³/mol. The molecule has 0 aromatic carbocycles. The quantitative estimate of drug-likeness (QED) is 0.439. The lowest BCUT2D eigenvalue weighted by molar-refractivity contribution is -0.149. The third-order valence-electron chi connectivity index (χ3n) is 6.78. The molecule has 0 aromatic heterocycles. The van der Waals surface area contributed by atoms with E-state index in [1.807, 2.05) is 26.8 Å². The van der Waals surface area contributed by atoms with E-state index >= 15 is 0 Å². The molecule has 1 N–H and O–H groups in total. The van der Waals surface area contributed by atoms with Crippen molar-refractivity contribution in [1.29, 1.82) is 0 Å². The summed E-state index contributed by atoms with van der Waals surface area (Å²) in [4.78, 5) is 11.6. The van der Waals surface area contributed by atoms with E-state index in [9.17, 15) is 9.90 Å². The van der Waals surface area contributed by atoms with Gasteiger partial charge in [0, 0.05) is 12.0 Å². The molecule has 0 bridgehead atoms. The fourth-order valence-corrected chi connectivity index (χ4v) is 5.65. The van der Waals surface area contributed by atoms with Crippen LogP contribution in [0.3, 0.4) is 0 Å². The number of allylic oxidation sites excluding steroid dienone is 2. The molecule has 4 atom stereocenters. The molecule has 2 rings (SSSR count). The van der Waals surface area contributed by atoms with Gasteiger partial charge in [0.1, 0.15) is 0 Å². The number of carbonyl (C=O) groups is 1. The van der Waals surface area contributed by atoms with E-state index < -0.39 is 5.60 Å². The lowest BCUT2D eigenvalue weighted by Crippen LogP contribution is -2.56. The molecule has 0 aliphatic heterocycles. The monoisotopic (exact) mass is 348 g/mol. The molecule has 3 nitrogen and oxygen atoms in total. The Kier molecular flexibility index (Phi) is 5.88. The summed E-state index contributed by atoms with van der Waals surface area (Å²) in [6, 6.07) is 0. The van der Waals surface area contributed by atoms with E-state index in [0.717, 1.165) is 24.8 Å². The summed E-state index contributed by atoms with van der Waals surface area (Å²) in [6.45, 7) is 13.2. The Bertz CT molecular complexity index is 556. The van der Waals surface area contributed by atoms with Gasteiger partial charge >= 0.3 is 5.97 Å². The first-order valence-electron chi connectivity index (χ1n) is 9.78. The molecule has 0 aromatic rings. The highest BCUT2D eigenvalue weighted by molar-refractivity contribution is 5.83. The van der Waals surface area contributed by atoms with E-state index in [-0.39, 0.29) is 17.3 Å². The van der Waals surface area contributed by atoms with Crippen molar-refractivity contribution in [2.75, 3.05) is 6.61 Å². The van der Waals surface area contributed by atoms with Crippen molar-refractivity contribution in [3.8, 4) is 0 Å². The summed E-state index contributed by atoms with van der Waals surface area (Å²) < 4.78 is 4.98. The molecule has 2 fully saturated rings. The summed E-state index contributed by atoms with van der Waals surface area (Å²) in [5, 5.41) is 11.1. The van der Waals surface area contributed by atoms with Gasteiger partial charge in [-0.3, -0.25) is 0 Å². The topological polar surface area (TPSA) is 46.5 Å². The number of carbonyl (C=O) groups excluding carboxylic acids is 1. The molecular formula is C22H36O3. The van der Waals surface area contributed by atoms with Crippen LogP contribution in [-0.2, 0) is 9.53 Å². The van der Waals surface area contributed by atoms with Crippen LogP contribution >= 0.6 is 0 Å². The van der Waals surface area contributed by atoms with Crippen molar-refractivity contribution in [2.45, 2.75) is 79.2 Å². The van der Waals surface area contributed by atoms with Gasteiger partial charge < -0.3 is 9.84 Å². The van der Waals surface area contributed by atoms with Gasteiger partial charge in [0.15, 0.2) is 0 Å². The molecule has 25 heavy (non-hydrogen) atoms. The second-order valence-electron chi connectivity index (χ2n) is 9.27. The number of hydrogen-bond donors (Lipinski definition) is 1. The van der Waals surface area contributed by atoms with Gasteiger partial charge in [-0.1, -0.05) is 39.3 Å². The summed E-state index contributed by atoms with van der Waals surface area (Å²) in [5.41, 5.74) is 0.602. The van der Waals surface area contributed by atoms with Crippen molar-refractivity contribution in [1.82, 2.24) is 0 Å². The normalized spacial score (nSPS) is 38.4. The van der Waals surface area contributed by atoms with E-state index in [1.165, 1.54) is 18.9 Å². The molecule has 3 heteroatoms. The van der Waals surface area contributed by atoms with Crippen molar-refractivity contribution in [3.63, 3.8) is 0 Å². The molecule has 0 amide bonds. The SMILES string of the molecule is CCOC(=O)/C=C(C)\C=C\[C@@H]1[C@@]2(C)CCCC(C)(C)[C@@H]2CC[C@]1(C)O. The van der Waals surface area contributed by atoms with Gasteiger partial charge in [-0.15, -0.1) is 0 Å². The first-order valence-corrected chi connectivity index (χ1v) is 9.78. The molecule has 2 saturated carbocycles. The summed E-state index contributed by atoms with van der Waals surface area (Å²) in [6.07, 6.45) is 11.3. The third kappa shape index (κ3) is 4.19. The fraction of sp³-hybridized carbons (Fsp3) is 0.773. The maximum Gasteiger partial charge on any atom is 0.330 e. The molecule has 0 unspecified atom stereocenters. The van der Waals surface area contributed by atoms with Gasteiger partial charge in [-0.25, -0.2) is 4.79 Å². The molecule has 2 aliphatic carbocycles. The fourth-order valence-electron chi connectivity index (χ4n) is 5.65. The van der Waals surface area contributed by atoms with Crippen LogP contribution in [-0.4, -0.2) is 23.3 Å². The number of esters is 1. The van der Waals surface area contributed by atoms with E-state index in [4.69, 9.17) is 4.74 Å². The third-order valence-corrected chi connectivity index (χ3v) is 6.78. The minimum atomic E-state index is -0.695. The average Bonchev–Trinajstić information content (AvgIpc) is 2.44. The standard InChI is InChI=1S/C22H36O3/c1-7-25-19(23)15-16(2)9-10-18-21(5)13-8-12-20(3,4)17(21)11-14-22(18,6)24/h9-10,15,17-18,24H,7-8,11-14H2,1-6H3/b10-9+,16-15-/t17-,18+,21-,22-/m0/s1. The van der Waals surface area contributed by atoms with Gasteiger partial charge in [0.05, 0.1) is 12.2 Å². The van der Waals surface area contributed by atoms with E-state index in [2.05, 4.69) is 26.8 Å². The highest BCUT2D eigenvalue weighted by atomic mass is 16.5. The van der Waals surface area contributed by atoms with Gasteiger partial charge in [0.25, 0.3) is 0 Å². The average molecular weight is 349 g/mol. The second-order valence-corrected chi connectivity index (χ2v) is 9.27. The zero-order valence-electron chi connectivity index (χ0n) is 16.9. The summed E-state index contributed by atoms with van der Waals surface area (Å²) >= 11 is 0. The lowest BCUT2D eigenvalue weighted by atomic mass is 9.45. The molecule has 0 spiro atoms. The number of ether oxygens (including phenoxy) is 1. The highest BCUT2D eigenvalue weighted by Crippen LogP contribution is 2.62. The van der Waals surface area contributed by atoms with E-state index in [1.54, 1.807) is 0 Å². The van der Waals surface area contributed by atoms with Crippen molar-refractivity contribution in [3.05, 3.63) is 23.8 Å². The summed E-state index contributed by atoms with van der Waals surface area (Å²) in [5.74, 6) is 0.421. The van der Waals surface area contributed by atoms with Crippen molar-refractivity contribution >= 4 is 5.97 Å². The Balaban J connectivity index is 2.29. The Hall–Kier alpha value is -1.09. The van der Waals surface area contributed by atoms with Crippen LogP contribution in [0.1, 0.15) is 73.6 Å². The minimum absolute atomic E-state index is 0.101. The largest absolute Gasteiger partial charge is 0.463 e. The van der Waals surface area contributed by atoms with Crippen LogP contribution in [0.5, 0.6) is 0 Å². The van der Waals surface area contributed by atoms with Crippen LogP contribution in [0.2, 0.25) is 0 Å². The van der Waals surface area contributed by atoms with Crippen LogP contribution in [0.25, 0.3) is 0 Å². The molecule has 142 valence electrons. The zero-order chi connectivity index (χ0) is 18.9. The maximum atomic E-state index is 11.6. The van der Waals surface area contributed by atoms with Crippen LogP contribution in [0, 0.1) is 22.7 Å². The number of rotatable bonds is 4. The number of hydrogen-bond acceptors (Lipinski definition) is 3. The van der Waals surface area contributed by atoms with Gasteiger partial charge in [-0.2, -0.15) is 0 Å². The molecule has 0 radical (unpaired) electrons. The molecule has 0 saturated heterocycles. The first-order chi connectivity index (χ1) is 11.5. The number of aliphatic hydroxyl groups is 1. The van der Waals surface area contributed by atoms with E-state index in [0.29, 0.717) is 17.9 Å². The molecular weight excluding hydrogens is 312 g/mol. The van der Waals surface area contributed by atoms with Crippen LogP contribution in [0.4, 0.5) is 0 Å². The summed E-state index contributed by atoms with van der Waals surface area (Å²) in [7, 11) is 0. The maximum absolute atomic E-state index is 11.6. The van der Waals surface area contributed by atoms with Gasteiger partial charge in [-0.05, 0) is 68.8 Å². The van der Waals surface area contributed by atoms with Crippen LogP contribution in [0.15, 0.2) is 23.8 Å². The van der Waals surface area contributed by atoms with Crippen molar-refractivity contribution in [2.24, 2.45) is 22.7 Å². The Labute approximate surface area is 153 Å². The lowest BCUT2D eigenvalue weighted by Gasteiger charge is -2.60. The molecule has 0 heterocycles. The van der Waals surface area contributed by atoms with Crippen molar-refractivity contribution < 1.29 is 14.6 Å². The zero-order valence-corrected chi connectivity index (χ0v) is 16.9. The second kappa shape index (κ2) is 7.26. The predicted octanol–water partition coefficient (Wildman–Crippen LogP) is 5.05. The first kappa shape index (κ1) is 20.2. The number of fused-ring (bicyclic) bond motifs is 1. The van der Waals surface area contributed by atoms with Crippen LogP contribution < -0.4 is 0 Å². The molecule has 2 aliphatic rings. The highest BCUT2D eigenvalue weighted by Gasteiger charge is 2.57. The Morgan fingerprint density at radius 2 is 1.88 bits per heavy atom. The van der Waals surface area contributed by atoms with Gasteiger partial charge in [0.2, 0.25) is 0 Å².